The van der Waals surface area contributed by atoms with E-state index in [1.54, 1.807) is 12.2 Å². The van der Waals surface area contributed by atoms with Crippen molar-refractivity contribution in [2.24, 2.45) is 11.5 Å². The minimum Gasteiger partial charge on any atom is -0.405 e. The van der Waals surface area contributed by atoms with Gasteiger partial charge in [-0.15, -0.1) is 12.6 Å². The first-order valence-electron chi connectivity index (χ1n) is 3.58. The highest BCUT2D eigenvalue weighted by Crippen LogP contribution is 2.06. The van der Waals surface area contributed by atoms with Crippen LogP contribution in [0.4, 0.5) is 0 Å². The van der Waals surface area contributed by atoms with Crippen molar-refractivity contribution in [3.63, 3.8) is 0 Å². The first kappa shape index (κ1) is 10.9. The van der Waals surface area contributed by atoms with Gasteiger partial charge in [0.05, 0.1) is 0 Å². The standard InChI is InChI=1S/C9H14N2S/c1-2-3-4-5-9(12)8(11)6-7-10/h2-7,12H,10-11H2,1H3/b3-2-,5-4-,7-6+,9-8-. The van der Waals surface area contributed by atoms with Crippen molar-refractivity contribution in [1.82, 2.24) is 0 Å². The van der Waals surface area contributed by atoms with E-state index < -0.39 is 0 Å². The van der Waals surface area contributed by atoms with Crippen LogP contribution >= 0.6 is 12.6 Å². The van der Waals surface area contributed by atoms with Crippen molar-refractivity contribution in [3.05, 3.63) is 47.2 Å². The summed E-state index contributed by atoms with van der Waals surface area (Å²) in [6.45, 7) is 1.94. The molecule has 0 aromatic carbocycles. The zero-order valence-electron chi connectivity index (χ0n) is 7.07. The van der Waals surface area contributed by atoms with Gasteiger partial charge in [-0.1, -0.05) is 18.2 Å². The monoisotopic (exact) mass is 182 g/mol. The molecule has 0 fully saturated rings. The van der Waals surface area contributed by atoms with Crippen LogP contribution in [0.25, 0.3) is 0 Å². The molecule has 0 heterocycles. The number of thiol groups is 1. The fourth-order valence-corrected chi connectivity index (χ4v) is 0.704. The van der Waals surface area contributed by atoms with Crippen LogP contribution < -0.4 is 11.5 Å². The Bertz CT molecular complexity index is 237. The van der Waals surface area contributed by atoms with Gasteiger partial charge in [-0.25, -0.2) is 0 Å². The van der Waals surface area contributed by atoms with E-state index in [-0.39, 0.29) is 0 Å². The molecular weight excluding hydrogens is 168 g/mol. The maximum atomic E-state index is 5.57. The smallest absolute Gasteiger partial charge is 0.0464 e. The Labute approximate surface area is 78.7 Å². The normalized spacial score (nSPS) is 14.8. The van der Waals surface area contributed by atoms with Crippen LogP contribution in [0.15, 0.2) is 47.2 Å². The Morgan fingerprint density at radius 2 is 1.92 bits per heavy atom. The Balaban J connectivity index is 4.35. The van der Waals surface area contributed by atoms with E-state index in [1.807, 2.05) is 25.2 Å². The molecule has 0 atom stereocenters. The summed E-state index contributed by atoms with van der Waals surface area (Å²) in [5, 5.41) is 0. The second-order valence-electron chi connectivity index (χ2n) is 2.08. The summed E-state index contributed by atoms with van der Waals surface area (Å²) in [5.41, 5.74) is 11.3. The summed E-state index contributed by atoms with van der Waals surface area (Å²) >= 11 is 4.16. The zero-order valence-corrected chi connectivity index (χ0v) is 7.96. The summed E-state index contributed by atoms with van der Waals surface area (Å²) in [6.07, 6.45) is 10.5. The molecule has 4 N–H and O–H groups in total. The van der Waals surface area contributed by atoms with Gasteiger partial charge in [0.2, 0.25) is 0 Å². The summed E-state index contributed by atoms with van der Waals surface area (Å²) in [5.74, 6) is 0. The predicted molar refractivity (Wildman–Crippen MR) is 57.5 cm³/mol. The van der Waals surface area contributed by atoms with Crippen LogP contribution in [-0.2, 0) is 0 Å². The summed E-state index contributed by atoms with van der Waals surface area (Å²) < 4.78 is 0. The van der Waals surface area contributed by atoms with Crippen LogP contribution in [0.3, 0.4) is 0 Å². The molecule has 0 saturated heterocycles. The van der Waals surface area contributed by atoms with Crippen LogP contribution in [0.1, 0.15) is 6.92 Å². The third-order valence-electron chi connectivity index (χ3n) is 1.13. The zero-order chi connectivity index (χ0) is 9.40. The Kier molecular flexibility index (Phi) is 6.01. The molecule has 2 nitrogen and oxygen atoms in total. The van der Waals surface area contributed by atoms with Crippen LogP contribution in [-0.4, -0.2) is 0 Å². The van der Waals surface area contributed by atoms with Crippen LogP contribution in [0.5, 0.6) is 0 Å². The lowest BCUT2D eigenvalue weighted by molar-refractivity contribution is 1.39. The van der Waals surface area contributed by atoms with Gasteiger partial charge >= 0.3 is 0 Å². The molecule has 3 heteroatoms. The molecule has 0 rings (SSSR count). The average molecular weight is 182 g/mol. The lowest BCUT2D eigenvalue weighted by atomic mass is 10.3. The molecule has 0 unspecified atom stereocenters. The van der Waals surface area contributed by atoms with Crippen molar-refractivity contribution in [2.45, 2.75) is 6.92 Å². The largest absolute Gasteiger partial charge is 0.405 e. The van der Waals surface area contributed by atoms with Crippen molar-refractivity contribution in [3.8, 4) is 0 Å². The van der Waals surface area contributed by atoms with Gasteiger partial charge in [0, 0.05) is 10.6 Å². The second kappa shape index (κ2) is 6.61. The number of nitrogens with two attached hydrogens (primary N) is 2. The molecule has 0 aliphatic rings. The fraction of sp³-hybridized carbons (Fsp3) is 0.111. The molecule has 12 heavy (non-hydrogen) atoms. The second-order valence-corrected chi connectivity index (χ2v) is 2.57. The average Bonchev–Trinajstić information content (AvgIpc) is 2.05. The molecule has 0 aliphatic heterocycles. The number of allylic oxidation sites excluding steroid dienone is 5. The van der Waals surface area contributed by atoms with Gasteiger partial charge < -0.3 is 11.5 Å². The van der Waals surface area contributed by atoms with Crippen LogP contribution in [0.2, 0.25) is 0 Å². The topological polar surface area (TPSA) is 52.0 Å². The third-order valence-corrected chi connectivity index (χ3v) is 1.54. The van der Waals surface area contributed by atoms with E-state index in [1.165, 1.54) is 6.20 Å². The quantitative estimate of drug-likeness (QED) is 0.459. The van der Waals surface area contributed by atoms with Crippen molar-refractivity contribution >= 4 is 12.6 Å². The summed E-state index contributed by atoms with van der Waals surface area (Å²) in [4.78, 5) is 0.704. The van der Waals surface area contributed by atoms with E-state index in [4.69, 9.17) is 11.5 Å². The molecule has 0 bridgehead atoms. The highest BCUT2D eigenvalue weighted by atomic mass is 32.1. The van der Waals surface area contributed by atoms with Gasteiger partial charge in [0.15, 0.2) is 0 Å². The van der Waals surface area contributed by atoms with E-state index in [0.717, 1.165) is 0 Å². The highest BCUT2D eigenvalue weighted by Gasteiger charge is 1.87. The molecule has 0 amide bonds. The molecule has 0 spiro atoms. The lowest BCUT2D eigenvalue weighted by Crippen LogP contribution is -1.95. The van der Waals surface area contributed by atoms with Gasteiger partial charge in [-0.2, -0.15) is 0 Å². The lowest BCUT2D eigenvalue weighted by Gasteiger charge is -1.94. The van der Waals surface area contributed by atoms with E-state index >= 15 is 0 Å². The Morgan fingerprint density at radius 1 is 1.25 bits per heavy atom. The first-order valence-corrected chi connectivity index (χ1v) is 4.03. The van der Waals surface area contributed by atoms with Crippen LogP contribution in [0, 0.1) is 0 Å². The molecule has 0 radical (unpaired) electrons. The summed E-state index contributed by atoms with van der Waals surface area (Å²) in [7, 11) is 0. The van der Waals surface area contributed by atoms with Gasteiger partial charge in [-0.3, -0.25) is 0 Å². The molecular formula is C9H14N2S. The van der Waals surface area contributed by atoms with E-state index in [0.29, 0.717) is 10.6 Å². The minimum atomic E-state index is 0.557. The van der Waals surface area contributed by atoms with E-state index in [2.05, 4.69) is 12.6 Å². The van der Waals surface area contributed by atoms with E-state index in [9.17, 15) is 0 Å². The van der Waals surface area contributed by atoms with Gasteiger partial charge in [0.25, 0.3) is 0 Å². The molecule has 0 aromatic heterocycles. The highest BCUT2D eigenvalue weighted by molar-refractivity contribution is 7.84. The minimum absolute atomic E-state index is 0.557. The molecule has 0 aromatic rings. The van der Waals surface area contributed by atoms with Crippen molar-refractivity contribution < 1.29 is 0 Å². The fourth-order valence-electron chi connectivity index (χ4n) is 0.543. The molecule has 0 saturated carbocycles. The number of rotatable bonds is 3. The molecule has 0 aliphatic carbocycles. The maximum absolute atomic E-state index is 5.57. The predicted octanol–water partition coefficient (Wildman–Crippen LogP) is 1.69. The Hall–Kier alpha value is -1.09. The van der Waals surface area contributed by atoms with Gasteiger partial charge in [0.1, 0.15) is 0 Å². The Morgan fingerprint density at radius 3 is 2.42 bits per heavy atom. The maximum Gasteiger partial charge on any atom is 0.0464 e. The number of hydrogen-bond acceptors (Lipinski definition) is 3. The number of hydrogen-bond donors (Lipinski definition) is 3. The van der Waals surface area contributed by atoms with Crippen molar-refractivity contribution in [2.75, 3.05) is 0 Å². The molecule has 66 valence electrons. The first-order chi connectivity index (χ1) is 5.72. The van der Waals surface area contributed by atoms with Crippen molar-refractivity contribution in [1.29, 1.82) is 0 Å². The third kappa shape index (κ3) is 4.68. The summed E-state index contributed by atoms with van der Waals surface area (Å²) in [6, 6.07) is 0. The van der Waals surface area contributed by atoms with Gasteiger partial charge in [-0.05, 0) is 25.3 Å². The SMILES string of the molecule is C\C=C/C=C\C(S)=C(N)/C=C/N.